The van der Waals surface area contributed by atoms with E-state index < -0.39 is 17.4 Å². The van der Waals surface area contributed by atoms with E-state index in [0.717, 1.165) is 25.8 Å². The van der Waals surface area contributed by atoms with Crippen molar-refractivity contribution in [2.45, 2.75) is 44.6 Å². The zero-order valence-electron chi connectivity index (χ0n) is 16.0. The van der Waals surface area contributed by atoms with Crippen molar-refractivity contribution in [1.29, 1.82) is 0 Å². The van der Waals surface area contributed by atoms with Crippen LogP contribution >= 0.6 is 11.6 Å². The quantitative estimate of drug-likeness (QED) is 0.714. The van der Waals surface area contributed by atoms with Gasteiger partial charge in [0.1, 0.15) is 5.82 Å². The van der Waals surface area contributed by atoms with Crippen LogP contribution in [-0.2, 0) is 9.59 Å². The lowest BCUT2D eigenvalue weighted by molar-refractivity contribution is -0.123. The van der Waals surface area contributed by atoms with Crippen molar-refractivity contribution in [2.75, 3.05) is 22.1 Å². The van der Waals surface area contributed by atoms with Gasteiger partial charge in [-0.1, -0.05) is 23.7 Å². The first kappa shape index (κ1) is 19.4. The van der Waals surface area contributed by atoms with Gasteiger partial charge < -0.3 is 15.5 Å². The molecule has 3 heterocycles. The van der Waals surface area contributed by atoms with Crippen LogP contribution in [0.3, 0.4) is 0 Å². The molecule has 1 fully saturated rings. The number of aromatic nitrogens is 2. The molecule has 9 heteroatoms. The topological polar surface area (TPSA) is 107 Å². The van der Waals surface area contributed by atoms with Gasteiger partial charge in [-0.3, -0.25) is 19.4 Å². The van der Waals surface area contributed by atoms with Gasteiger partial charge in [0.2, 0.25) is 17.8 Å². The first-order chi connectivity index (χ1) is 13.9. The number of hydrogen-bond donors (Lipinski definition) is 3. The number of fused-ring (bicyclic) bond motifs is 1. The minimum absolute atomic E-state index is 0.131. The smallest absolute Gasteiger partial charge is 0.258 e. The van der Waals surface area contributed by atoms with E-state index >= 15 is 0 Å². The van der Waals surface area contributed by atoms with E-state index in [9.17, 15) is 14.4 Å². The van der Waals surface area contributed by atoms with Crippen LogP contribution in [0.2, 0.25) is 5.02 Å². The maximum atomic E-state index is 12.9. The third-order valence-electron chi connectivity index (χ3n) is 5.46. The Kier molecular flexibility index (Phi) is 5.27. The fourth-order valence-electron chi connectivity index (χ4n) is 3.91. The van der Waals surface area contributed by atoms with Gasteiger partial charge >= 0.3 is 0 Å². The van der Waals surface area contributed by atoms with Crippen LogP contribution in [0.4, 0.5) is 17.5 Å². The number of H-pyrrole nitrogens is 1. The van der Waals surface area contributed by atoms with Crippen molar-refractivity contribution in [3.05, 3.63) is 45.2 Å². The van der Waals surface area contributed by atoms with Crippen LogP contribution < -0.4 is 21.1 Å². The van der Waals surface area contributed by atoms with Gasteiger partial charge in [-0.2, -0.15) is 4.98 Å². The number of hydrogen-bond acceptors (Lipinski definition) is 5. The molecule has 2 aromatic rings. The highest BCUT2D eigenvalue weighted by molar-refractivity contribution is 6.33. The van der Waals surface area contributed by atoms with Crippen LogP contribution in [-0.4, -0.2) is 34.4 Å². The summed E-state index contributed by atoms with van der Waals surface area (Å²) >= 11 is 6.11. The summed E-state index contributed by atoms with van der Waals surface area (Å²) in [5.41, 5.74) is 0.180. The predicted molar refractivity (Wildman–Crippen MR) is 112 cm³/mol. The lowest BCUT2D eigenvalue weighted by Crippen LogP contribution is -2.42. The van der Waals surface area contributed by atoms with Crippen LogP contribution in [0.1, 0.15) is 44.1 Å². The zero-order chi connectivity index (χ0) is 20.5. The summed E-state index contributed by atoms with van der Waals surface area (Å²) in [5.74, 6) is -1.20. The van der Waals surface area contributed by atoms with E-state index in [1.165, 1.54) is 0 Å². The van der Waals surface area contributed by atoms with E-state index in [2.05, 4.69) is 27.5 Å². The number of aromatic amines is 1. The Bertz CT molecular complexity index is 1020. The SMILES string of the molecule is C[C@H]1CCCCN1c1nc2c(c(=O)[nH]1)[C@H](C(=O)Nc1ccccc1Cl)CC(=O)N2. The Morgan fingerprint density at radius 1 is 1.28 bits per heavy atom. The molecule has 2 amide bonds. The first-order valence-electron chi connectivity index (χ1n) is 9.70. The van der Waals surface area contributed by atoms with E-state index in [-0.39, 0.29) is 29.8 Å². The molecule has 0 saturated carbocycles. The van der Waals surface area contributed by atoms with E-state index in [1.807, 2.05) is 4.90 Å². The Morgan fingerprint density at radius 2 is 2.07 bits per heavy atom. The molecule has 4 rings (SSSR count). The highest BCUT2D eigenvalue weighted by Crippen LogP contribution is 2.32. The van der Waals surface area contributed by atoms with Crippen molar-refractivity contribution < 1.29 is 9.59 Å². The van der Waals surface area contributed by atoms with Crippen molar-refractivity contribution in [3.8, 4) is 0 Å². The molecule has 2 aliphatic heterocycles. The minimum Gasteiger partial charge on any atom is -0.340 e. The highest BCUT2D eigenvalue weighted by Gasteiger charge is 2.35. The van der Waals surface area contributed by atoms with Gasteiger partial charge in [-0.25, -0.2) is 0 Å². The Hall–Kier alpha value is -2.87. The highest BCUT2D eigenvalue weighted by atomic mass is 35.5. The number of halogens is 1. The molecule has 0 unspecified atom stereocenters. The lowest BCUT2D eigenvalue weighted by Gasteiger charge is -2.34. The van der Waals surface area contributed by atoms with E-state index in [1.54, 1.807) is 24.3 Å². The van der Waals surface area contributed by atoms with Gasteiger partial charge in [0, 0.05) is 19.0 Å². The summed E-state index contributed by atoms with van der Waals surface area (Å²) in [5, 5.41) is 5.74. The molecule has 1 aromatic heterocycles. The number of amides is 2. The normalized spacial score (nSPS) is 21.3. The Balaban J connectivity index is 1.67. The zero-order valence-corrected chi connectivity index (χ0v) is 16.8. The van der Waals surface area contributed by atoms with E-state index in [4.69, 9.17) is 11.6 Å². The van der Waals surface area contributed by atoms with Crippen LogP contribution in [0.5, 0.6) is 0 Å². The monoisotopic (exact) mass is 415 g/mol. The molecule has 8 nitrogen and oxygen atoms in total. The Labute approximate surface area is 172 Å². The number of nitrogens with zero attached hydrogens (tertiary/aromatic N) is 2. The van der Waals surface area contributed by atoms with Gasteiger partial charge in [0.15, 0.2) is 0 Å². The number of carbonyl (C=O) groups is 2. The molecule has 0 spiro atoms. The number of rotatable bonds is 3. The summed E-state index contributed by atoms with van der Waals surface area (Å²) < 4.78 is 0. The molecule has 0 bridgehead atoms. The second-order valence-electron chi connectivity index (χ2n) is 7.46. The fourth-order valence-corrected chi connectivity index (χ4v) is 4.10. The predicted octanol–water partition coefficient (Wildman–Crippen LogP) is 2.87. The fraction of sp³-hybridized carbons (Fsp3) is 0.400. The lowest BCUT2D eigenvalue weighted by atomic mass is 9.92. The standard InChI is InChI=1S/C20H22ClN5O3/c1-11-6-4-5-9-26(11)20-24-17-16(19(29)25-20)12(10-15(27)23-17)18(28)22-14-8-3-2-7-13(14)21/h2-3,7-8,11-12H,4-6,9-10H2,1H3,(H,22,28)(H2,23,24,25,27,29)/t11-,12+/m0/s1. The molecule has 1 aromatic carbocycles. The third-order valence-corrected chi connectivity index (χ3v) is 5.79. The average molecular weight is 416 g/mol. The molecule has 0 radical (unpaired) electrons. The number of nitrogens with one attached hydrogen (secondary N) is 3. The number of piperidine rings is 1. The third kappa shape index (κ3) is 3.85. The molecular weight excluding hydrogens is 394 g/mol. The summed E-state index contributed by atoms with van der Waals surface area (Å²) in [7, 11) is 0. The van der Waals surface area contributed by atoms with Gasteiger partial charge in [0.05, 0.1) is 22.2 Å². The van der Waals surface area contributed by atoms with Crippen molar-refractivity contribution in [2.24, 2.45) is 0 Å². The molecule has 2 atom stereocenters. The van der Waals surface area contributed by atoms with Crippen molar-refractivity contribution in [1.82, 2.24) is 9.97 Å². The average Bonchev–Trinajstić information content (AvgIpc) is 2.69. The molecule has 29 heavy (non-hydrogen) atoms. The molecule has 0 aliphatic carbocycles. The second-order valence-corrected chi connectivity index (χ2v) is 7.87. The molecular formula is C20H22ClN5O3. The Morgan fingerprint density at radius 3 is 2.83 bits per heavy atom. The van der Waals surface area contributed by atoms with Crippen LogP contribution in [0.25, 0.3) is 0 Å². The summed E-state index contributed by atoms with van der Waals surface area (Å²) in [6.07, 6.45) is 3.03. The molecule has 152 valence electrons. The number of carbonyl (C=O) groups excluding carboxylic acids is 2. The maximum absolute atomic E-state index is 12.9. The van der Waals surface area contributed by atoms with Crippen LogP contribution in [0.15, 0.2) is 29.1 Å². The molecule has 1 saturated heterocycles. The second kappa shape index (κ2) is 7.87. The maximum Gasteiger partial charge on any atom is 0.258 e. The van der Waals surface area contributed by atoms with Crippen LogP contribution in [0, 0.1) is 0 Å². The van der Waals surface area contributed by atoms with E-state index in [0.29, 0.717) is 16.7 Å². The van der Waals surface area contributed by atoms with Gasteiger partial charge in [-0.05, 0) is 38.3 Å². The molecule has 2 aliphatic rings. The number of benzene rings is 1. The summed E-state index contributed by atoms with van der Waals surface area (Å²) in [6, 6.07) is 7.04. The number of para-hydroxylation sites is 1. The number of anilines is 3. The van der Waals surface area contributed by atoms with Crippen molar-refractivity contribution in [3.63, 3.8) is 0 Å². The van der Waals surface area contributed by atoms with Gasteiger partial charge in [0.25, 0.3) is 5.56 Å². The van der Waals surface area contributed by atoms with Crippen molar-refractivity contribution >= 4 is 40.9 Å². The largest absolute Gasteiger partial charge is 0.340 e. The molecule has 3 N–H and O–H groups in total. The minimum atomic E-state index is -0.945. The summed E-state index contributed by atoms with van der Waals surface area (Å²) in [6.45, 7) is 2.87. The van der Waals surface area contributed by atoms with Gasteiger partial charge in [-0.15, -0.1) is 0 Å². The summed E-state index contributed by atoms with van der Waals surface area (Å²) in [4.78, 5) is 47.3. The first-order valence-corrected chi connectivity index (χ1v) is 10.1.